The quantitative estimate of drug-likeness (QED) is 0.173. The van der Waals surface area contributed by atoms with Crippen molar-refractivity contribution in [2.45, 2.75) is 51.9 Å². The number of amides is 2. The Kier molecular flexibility index (Phi) is 9.26. The van der Waals surface area contributed by atoms with Gasteiger partial charge in [0.25, 0.3) is 0 Å². The summed E-state index contributed by atoms with van der Waals surface area (Å²) in [6.07, 6.45) is 1.79. The van der Waals surface area contributed by atoms with Crippen LogP contribution >= 0.6 is 0 Å². The molecule has 2 amide bonds. The fraction of sp³-hybridized carbons (Fsp3) is 0.343. The number of ketones is 1. The summed E-state index contributed by atoms with van der Waals surface area (Å²) >= 11 is 0. The third kappa shape index (κ3) is 7.51. The summed E-state index contributed by atoms with van der Waals surface area (Å²) in [6, 6.07) is 27.0. The van der Waals surface area contributed by atoms with Gasteiger partial charge >= 0.3 is 6.03 Å². The minimum Gasteiger partial charge on any atom is -0.378 e. The van der Waals surface area contributed by atoms with E-state index in [-0.39, 0.29) is 35.6 Å². The second-order valence-electron chi connectivity index (χ2n) is 12.3. The third-order valence-electron chi connectivity index (χ3n) is 7.98. The number of Topliss-reactive ketones (excluding diaryl/α,β-unsaturated/α-hetero) is 1. The average Bonchev–Trinajstić information content (AvgIpc) is 3.43. The number of aryl methyl sites for hydroxylation is 1. The Bertz CT molecular complexity index is 1530. The van der Waals surface area contributed by atoms with Crippen LogP contribution in [0.2, 0.25) is 0 Å². The van der Waals surface area contributed by atoms with Gasteiger partial charge in [0.15, 0.2) is 5.78 Å². The molecular formula is C35H42N6O2. The van der Waals surface area contributed by atoms with Gasteiger partial charge in [0.2, 0.25) is 0 Å². The molecule has 4 N–H and O–H groups in total. The van der Waals surface area contributed by atoms with Crippen LogP contribution in [0, 0.1) is 12.8 Å². The van der Waals surface area contributed by atoms with Crippen LogP contribution in [0.5, 0.6) is 0 Å². The van der Waals surface area contributed by atoms with E-state index in [0.717, 1.165) is 54.1 Å². The number of piperidine rings is 1. The van der Waals surface area contributed by atoms with Gasteiger partial charge in [0.1, 0.15) is 5.82 Å². The van der Waals surface area contributed by atoms with Crippen molar-refractivity contribution in [1.29, 1.82) is 0 Å². The molecule has 1 aromatic heterocycles. The van der Waals surface area contributed by atoms with Crippen molar-refractivity contribution in [2.75, 3.05) is 35.6 Å². The zero-order chi connectivity index (χ0) is 30.4. The van der Waals surface area contributed by atoms with Gasteiger partial charge in [0, 0.05) is 28.8 Å². The molecule has 43 heavy (non-hydrogen) atoms. The number of para-hydroxylation sites is 2. The van der Waals surface area contributed by atoms with E-state index < -0.39 is 0 Å². The Morgan fingerprint density at radius 2 is 1.60 bits per heavy atom. The van der Waals surface area contributed by atoms with Gasteiger partial charge in [-0.15, -0.1) is 0 Å². The number of rotatable bonds is 9. The normalized spacial score (nSPS) is 14.6. The van der Waals surface area contributed by atoms with Crippen LogP contribution in [0.25, 0.3) is 5.69 Å². The van der Waals surface area contributed by atoms with E-state index in [4.69, 9.17) is 5.10 Å². The predicted octanol–water partition coefficient (Wildman–Crippen LogP) is 6.89. The highest BCUT2D eigenvalue weighted by molar-refractivity contribution is 6.01. The Labute approximate surface area is 254 Å². The topological polar surface area (TPSA) is 100 Å². The minimum atomic E-state index is -0.389. The van der Waals surface area contributed by atoms with Gasteiger partial charge in [-0.1, -0.05) is 74.9 Å². The lowest BCUT2D eigenvalue weighted by molar-refractivity contribution is -0.120. The van der Waals surface area contributed by atoms with Crippen LogP contribution in [0.3, 0.4) is 0 Å². The molecule has 1 unspecified atom stereocenters. The van der Waals surface area contributed by atoms with Crippen LogP contribution in [-0.2, 0) is 10.2 Å². The van der Waals surface area contributed by atoms with E-state index in [2.05, 4.69) is 42.0 Å². The summed E-state index contributed by atoms with van der Waals surface area (Å²) in [5, 5.41) is 17.6. The molecule has 5 rings (SSSR count). The van der Waals surface area contributed by atoms with E-state index in [1.807, 2.05) is 91.9 Å². The van der Waals surface area contributed by atoms with Crippen LogP contribution in [-0.4, -0.2) is 41.2 Å². The molecule has 1 saturated heterocycles. The molecule has 0 saturated carbocycles. The monoisotopic (exact) mass is 578 g/mol. The number of benzene rings is 3. The van der Waals surface area contributed by atoms with E-state index in [9.17, 15) is 9.59 Å². The first kappa shape index (κ1) is 30.0. The number of anilines is 3. The van der Waals surface area contributed by atoms with Crippen molar-refractivity contribution < 1.29 is 9.59 Å². The molecule has 0 radical (unpaired) electrons. The van der Waals surface area contributed by atoms with Gasteiger partial charge in [-0.3, -0.25) is 10.1 Å². The number of hydrogen-bond donors (Lipinski definition) is 4. The van der Waals surface area contributed by atoms with Crippen LogP contribution < -0.4 is 21.3 Å². The van der Waals surface area contributed by atoms with Gasteiger partial charge in [-0.05, 0) is 74.7 Å². The first-order valence-corrected chi connectivity index (χ1v) is 15.1. The lowest BCUT2D eigenvalue weighted by Gasteiger charge is -2.31. The lowest BCUT2D eigenvalue weighted by Crippen LogP contribution is -2.36. The Hall–Kier alpha value is -4.43. The second-order valence-corrected chi connectivity index (χ2v) is 12.3. The number of nitrogens with one attached hydrogen (secondary N) is 4. The molecular weight excluding hydrogens is 536 g/mol. The number of nitrogens with zero attached hydrogens (tertiary/aromatic N) is 2. The molecule has 224 valence electrons. The highest BCUT2D eigenvalue weighted by Crippen LogP contribution is 2.36. The van der Waals surface area contributed by atoms with E-state index in [0.29, 0.717) is 11.5 Å². The summed E-state index contributed by atoms with van der Waals surface area (Å²) in [7, 11) is 0. The number of aromatic nitrogens is 2. The molecule has 4 aromatic rings. The van der Waals surface area contributed by atoms with Gasteiger partial charge in [-0.25, -0.2) is 9.48 Å². The average molecular weight is 579 g/mol. The Morgan fingerprint density at radius 1 is 0.930 bits per heavy atom. The Morgan fingerprint density at radius 3 is 2.30 bits per heavy atom. The van der Waals surface area contributed by atoms with Gasteiger partial charge in [0.05, 0.1) is 17.9 Å². The molecule has 3 aromatic carbocycles. The van der Waals surface area contributed by atoms with E-state index in [1.54, 1.807) is 4.68 Å². The molecule has 1 atom stereocenters. The lowest BCUT2D eigenvalue weighted by atomic mass is 9.77. The van der Waals surface area contributed by atoms with Gasteiger partial charge in [-0.2, -0.15) is 5.10 Å². The summed E-state index contributed by atoms with van der Waals surface area (Å²) in [5.74, 6) is 0.509. The largest absolute Gasteiger partial charge is 0.378 e. The molecule has 1 aliphatic rings. The molecule has 8 nitrogen and oxygen atoms in total. The fourth-order valence-corrected chi connectivity index (χ4v) is 5.59. The van der Waals surface area contributed by atoms with Crippen LogP contribution in [0.1, 0.15) is 56.4 Å². The van der Waals surface area contributed by atoms with Crippen molar-refractivity contribution in [3.8, 4) is 5.69 Å². The van der Waals surface area contributed by atoms with E-state index >= 15 is 0 Å². The molecule has 1 fully saturated rings. The maximum Gasteiger partial charge on any atom is 0.324 e. The minimum absolute atomic E-state index is 0.109. The highest BCUT2D eigenvalue weighted by atomic mass is 16.2. The Balaban J connectivity index is 1.40. The first-order valence-electron chi connectivity index (χ1n) is 15.1. The van der Waals surface area contributed by atoms with Crippen molar-refractivity contribution in [2.24, 2.45) is 5.92 Å². The number of urea groups is 1. The van der Waals surface area contributed by atoms with Gasteiger partial charge < -0.3 is 16.0 Å². The first-order chi connectivity index (χ1) is 20.7. The fourth-order valence-electron chi connectivity index (χ4n) is 5.59. The summed E-state index contributed by atoms with van der Waals surface area (Å²) in [5.41, 5.74) is 5.05. The van der Waals surface area contributed by atoms with E-state index in [1.165, 1.54) is 0 Å². The molecule has 2 heterocycles. The smallest absolute Gasteiger partial charge is 0.324 e. The maximum absolute atomic E-state index is 13.8. The maximum atomic E-state index is 13.8. The predicted molar refractivity (Wildman–Crippen MR) is 174 cm³/mol. The highest BCUT2D eigenvalue weighted by Gasteiger charge is 2.32. The van der Waals surface area contributed by atoms with Crippen molar-refractivity contribution in [3.63, 3.8) is 0 Å². The number of carbonyl (C=O) groups excluding carboxylic acids is 2. The molecule has 0 bridgehead atoms. The molecule has 0 aliphatic carbocycles. The van der Waals surface area contributed by atoms with Crippen molar-refractivity contribution in [3.05, 3.63) is 102 Å². The summed E-state index contributed by atoms with van der Waals surface area (Å²) < 4.78 is 1.77. The number of hydrogen-bond acceptors (Lipinski definition) is 5. The SMILES string of the molecule is Cc1ccc(-n2nc(C(C)(C)C)cc2NC(=O)Nc2ccccc2C(C(=O)CNc2ccccc2)C2CCNCC2)cc1. The zero-order valence-corrected chi connectivity index (χ0v) is 25.5. The summed E-state index contributed by atoms with van der Waals surface area (Å²) in [6.45, 7) is 10.3. The van der Waals surface area contributed by atoms with Crippen molar-refractivity contribution in [1.82, 2.24) is 15.1 Å². The summed E-state index contributed by atoms with van der Waals surface area (Å²) in [4.78, 5) is 27.4. The van der Waals surface area contributed by atoms with Crippen molar-refractivity contribution >= 4 is 29.0 Å². The zero-order valence-electron chi connectivity index (χ0n) is 25.5. The second kappa shape index (κ2) is 13.3. The molecule has 8 heteroatoms. The number of carbonyl (C=O) groups is 2. The molecule has 1 aliphatic heterocycles. The van der Waals surface area contributed by atoms with Crippen LogP contribution in [0.15, 0.2) is 84.9 Å². The standard InChI is InChI=1S/C35H42N6O2/c1-24-14-16-27(17-15-24)41-32(22-31(40-41)35(2,3)4)39-34(43)38-29-13-9-8-12-28(29)33(25-18-20-36-21-19-25)30(42)23-37-26-10-6-5-7-11-26/h5-17,22,25,33,36-37H,18-21,23H2,1-4H3,(H2,38,39,43). The molecule has 0 spiro atoms. The third-order valence-corrected chi connectivity index (χ3v) is 7.98. The van der Waals surface area contributed by atoms with Crippen LogP contribution in [0.4, 0.5) is 22.0 Å².